The zero-order valence-electron chi connectivity index (χ0n) is 9.83. The number of phenols is 1. The van der Waals surface area contributed by atoms with E-state index in [1.54, 1.807) is 0 Å². The zero-order valence-corrected chi connectivity index (χ0v) is 11.5. The Hall–Kier alpha value is -1.38. The third-order valence-electron chi connectivity index (χ3n) is 2.28. The van der Waals surface area contributed by atoms with Gasteiger partial charge in [0.15, 0.2) is 9.84 Å². The number of hydrogen-bond acceptors (Lipinski definition) is 5. The van der Waals surface area contributed by atoms with Crippen LogP contribution in [0.5, 0.6) is 5.75 Å². The van der Waals surface area contributed by atoms with Crippen LogP contribution in [0.3, 0.4) is 0 Å². The van der Waals surface area contributed by atoms with Crippen molar-refractivity contribution in [2.75, 3.05) is 6.26 Å². The Morgan fingerprint density at radius 2 is 2.00 bits per heavy atom. The van der Waals surface area contributed by atoms with E-state index in [1.165, 1.54) is 0 Å². The molecular formula is C10H13ClFNO5S. The summed E-state index contributed by atoms with van der Waals surface area (Å²) in [5, 5.41) is 17.9. The van der Waals surface area contributed by atoms with E-state index in [1.807, 2.05) is 0 Å². The van der Waals surface area contributed by atoms with Gasteiger partial charge in [-0.15, -0.1) is 12.4 Å². The molecule has 0 spiro atoms. The van der Waals surface area contributed by atoms with Crippen molar-refractivity contribution in [1.29, 1.82) is 0 Å². The predicted molar refractivity (Wildman–Crippen MR) is 67.7 cm³/mol. The molecule has 1 aromatic carbocycles. The van der Waals surface area contributed by atoms with Crippen LogP contribution in [0, 0.1) is 5.82 Å². The first-order chi connectivity index (χ1) is 8.14. The summed E-state index contributed by atoms with van der Waals surface area (Å²) in [7, 11) is -3.96. The largest absolute Gasteiger partial charge is 0.506 e. The lowest BCUT2D eigenvalue weighted by atomic mass is 10.1. The fraction of sp³-hybridized carbons (Fsp3) is 0.300. The van der Waals surface area contributed by atoms with Crippen molar-refractivity contribution < 1.29 is 27.8 Å². The molecule has 19 heavy (non-hydrogen) atoms. The minimum Gasteiger partial charge on any atom is -0.506 e. The molecule has 0 aromatic heterocycles. The van der Waals surface area contributed by atoms with Gasteiger partial charge in [-0.1, -0.05) is 6.07 Å². The summed E-state index contributed by atoms with van der Waals surface area (Å²) in [4.78, 5) is 9.70. The lowest BCUT2D eigenvalue weighted by molar-refractivity contribution is -0.138. The Labute approximate surface area is 115 Å². The van der Waals surface area contributed by atoms with Crippen molar-refractivity contribution in [3.8, 4) is 5.75 Å². The summed E-state index contributed by atoms with van der Waals surface area (Å²) in [6.45, 7) is 0. The van der Waals surface area contributed by atoms with E-state index >= 15 is 0 Å². The molecule has 0 amide bonds. The van der Waals surface area contributed by atoms with Gasteiger partial charge in [-0.25, -0.2) is 12.8 Å². The van der Waals surface area contributed by atoms with Crippen molar-refractivity contribution in [3.05, 3.63) is 23.5 Å². The van der Waals surface area contributed by atoms with Gasteiger partial charge in [0.05, 0.1) is 0 Å². The van der Waals surface area contributed by atoms with E-state index in [9.17, 15) is 22.7 Å². The quantitative estimate of drug-likeness (QED) is 0.736. The molecule has 1 aromatic rings. The van der Waals surface area contributed by atoms with Crippen molar-refractivity contribution in [3.63, 3.8) is 0 Å². The van der Waals surface area contributed by atoms with Crippen LogP contribution < -0.4 is 5.73 Å². The maximum Gasteiger partial charge on any atom is 0.320 e. The van der Waals surface area contributed by atoms with Crippen LogP contribution in [-0.2, 0) is 21.1 Å². The molecule has 0 aliphatic heterocycles. The van der Waals surface area contributed by atoms with E-state index in [2.05, 4.69) is 0 Å². The standard InChI is InChI=1S/C10H12FNO5S.ClH/c1-18(16,17)9-7(13)3-2-5(8(9)11)4-6(12)10(14)15;/h2-3,6,13H,4,12H2,1H3,(H,14,15);1H. The molecule has 0 radical (unpaired) electrons. The van der Waals surface area contributed by atoms with Gasteiger partial charge in [-0.3, -0.25) is 4.79 Å². The van der Waals surface area contributed by atoms with Gasteiger partial charge in [0.25, 0.3) is 0 Å². The molecule has 0 heterocycles. The molecule has 0 aliphatic carbocycles. The number of rotatable bonds is 4. The van der Waals surface area contributed by atoms with E-state index < -0.39 is 38.3 Å². The summed E-state index contributed by atoms with van der Waals surface area (Å²) < 4.78 is 36.5. The number of halogens is 2. The summed E-state index contributed by atoms with van der Waals surface area (Å²) in [5.41, 5.74) is 5.06. The maximum atomic E-state index is 13.9. The maximum absolute atomic E-state index is 13.9. The Bertz CT molecular complexity index is 590. The molecule has 1 atom stereocenters. The Kier molecular flexibility index (Phi) is 5.73. The first-order valence-corrected chi connectivity index (χ1v) is 6.72. The van der Waals surface area contributed by atoms with E-state index in [4.69, 9.17) is 10.8 Å². The highest BCUT2D eigenvalue weighted by atomic mass is 35.5. The van der Waals surface area contributed by atoms with Crippen LogP contribution in [0.15, 0.2) is 17.0 Å². The smallest absolute Gasteiger partial charge is 0.320 e. The number of aliphatic carboxylic acids is 1. The Morgan fingerprint density at radius 3 is 2.42 bits per heavy atom. The van der Waals surface area contributed by atoms with Crippen molar-refractivity contribution in [2.24, 2.45) is 5.73 Å². The van der Waals surface area contributed by atoms with Gasteiger partial charge in [-0.05, 0) is 11.6 Å². The molecule has 0 aliphatic rings. The molecule has 1 unspecified atom stereocenters. The summed E-state index contributed by atoms with van der Waals surface area (Å²) in [5.74, 6) is -3.22. The van der Waals surface area contributed by atoms with Crippen LogP contribution in [-0.4, -0.2) is 36.9 Å². The molecule has 0 saturated carbocycles. The minimum absolute atomic E-state index is 0. The number of carboxylic acids is 1. The van der Waals surface area contributed by atoms with Gasteiger partial charge in [0.1, 0.15) is 22.5 Å². The average molecular weight is 314 g/mol. The van der Waals surface area contributed by atoms with Gasteiger partial charge < -0.3 is 15.9 Å². The second-order valence-corrected chi connectivity index (χ2v) is 5.76. The second-order valence-electron chi connectivity index (χ2n) is 3.81. The molecule has 1 rings (SSSR count). The van der Waals surface area contributed by atoms with E-state index in [0.29, 0.717) is 0 Å². The van der Waals surface area contributed by atoms with Gasteiger partial charge in [0, 0.05) is 12.7 Å². The number of aromatic hydroxyl groups is 1. The topological polar surface area (TPSA) is 118 Å². The highest BCUT2D eigenvalue weighted by Gasteiger charge is 2.23. The van der Waals surface area contributed by atoms with Crippen molar-refractivity contribution in [1.82, 2.24) is 0 Å². The van der Waals surface area contributed by atoms with E-state index in [-0.39, 0.29) is 24.4 Å². The Balaban J connectivity index is 0.00000324. The number of benzene rings is 1. The van der Waals surface area contributed by atoms with Crippen LogP contribution in [0.4, 0.5) is 4.39 Å². The molecule has 108 valence electrons. The third-order valence-corrected chi connectivity index (χ3v) is 3.41. The monoisotopic (exact) mass is 313 g/mol. The molecule has 0 bridgehead atoms. The summed E-state index contributed by atoms with van der Waals surface area (Å²) in [6, 6.07) is 0.738. The third kappa shape index (κ3) is 4.05. The lowest BCUT2D eigenvalue weighted by Gasteiger charge is -2.11. The highest BCUT2D eigenvalue weighted by Crippen LogP contribution is 2.28. The number of carbonyl (C=O) groups is 1. The van der Waals surface area contributed by atoms with Crippen molar-refractivity contribution in [2.45, 2.75) is 17.4 Å². The highest BCUT2D eigenvalue weighted by molar-refractivity contribution is 7.90. The van der Waals surface area contributed by atoms with Gasteiger partial charge in [0.2, 0.25) is 0 Å². The van der Waals surface area contributed by atoms with Crippen LogP contribution >= 0.6 is 12.4 Å². The molecule has 9 heteroatoms. The normalized spacial score (nSPS) is 12.6. The van der Waals surface area contributed by atoms with Gasteiger partial charge >= 0.3 is 5.97 Å². The molecule has 6 nitrogen and oxygen atoms in total. The number of hydrogen-bond donors (Lipinski definition) is 3. The first kappa shape index (κ1) is 17.6. The van der Waals surface area contributed by atoms with Crippen LogP contribution in [0.2, 0.25) is 0 Å². The fourth-order valence-corrected chi connectivity index (χ4v) is 2.33. The minimum atomic E-state index is -3.96. The van der Waals surface area contributed by atoms with Crippen LogP contribution in [0.1, 0.15) is 5.56 Å². The molecule has 4 N–H and O–H groups in total. The molecular weight excluding hydrogens is 301 g/mol. The number of nitrogens with two attached hydrogens (primary N) is 1. The lowest BCUT2D eigenvalue weighted by Crippen LogP contribution is -2.32. The summed E-state index contributed by atoms with van der Waals surface area (Å²) in [6.07, 6.45) is 0.371. The van der Waals surface area contributed by atoms with Crippen molar-refractivity contribution >= 4 is 28.2 Å². The second kappa shape index (κ2) is 6.18. The molecule has 0 fully saturated rings. The predicted octanol–water partition coefficient (Wildman–Crippen LogP) is 0.311. The fourth-order valence-electron chi connectivity index (χ4n) is 1.42. The first-order valence-electron chi connectivity index (χ1n) is 4.83. The van der Waals surface area contributed by atoms with Crippen LogP contribution in [0.25, 0.3) is 0 Å². The number of carboxylic acid groups (broad SMARTS) is 1. The molecule has 0 saturated heterocycles. The average Bonchev–Trinajstić information content (AvgIpc) is 2.20. The summed E-state index contributed by atoms with van der Waals surface area (Å²) >= 11 is 0. The Morgan fingerprint density at radius 1 is 1.47 bits per heavy atom. The number of phenolic OH excluding ortho intramolecular Hbond substituents is 1. The zero-order chi connectivity index (χ0) is 14.1. The number of sulfone groups is 1. The SMILES string of the molecule is CS(=O)(=O)c1c(O)ccc(CC(N)C(=O)O)c1F.Cl. The van der Waals surface area contributed by atoms with E-state index in [0.717, 1.165) is 18.4 Å². The van der Waals surface area contributed by atoms with Gasteiger partial charge in [-0.2, -0.15) is 0 Å².